The first-order valence-corrected chi connectivity index (χ1v) is 7.26. The van der Waals surface area contributed by atoms with Gasteiger partial charge in [0.25, 0.3) is 5.91 Å². The number of anilines is 3. The molecule has 0 N–H and O–H groups in total. The molecule has 0 fully saturated rings. The lowest BCUT2D eigenvalue weighted by Crippen LogP contribution is -2.25. The fraction of sp³-hybridized carbons (Fsp3) is 0.267. The smallest absolute Gasteiger partial charge is 0.261 e. The summed E-state index contributed by atoms with van der Waals surface area (Å²) in [4.78, 5) is 25.1. The summed E-state index contributed by atoms with van der Waals surface area (Å²) in [5, 5.41) is 0. The number of nitrogens with zero attached hydrogens (tertiary/aromatic N) is 4. The van der Waals surface area contributed by atoms with Gasteiger partial charge in [-0.05, 0) is 30.7 Å². The standard InChI is InChI=1S/C15H15ClN4O/c1-3-20-13-11(7-10(8-16)9-18-13)15(21)19(2)12-5-4-6-17-14(12)20/h4-7,9H,3,8H2,1-2H3. The fourth-order valence-electron chi connectivity index (χ4n) is 2.49. The molecule has 108 valence electrons. The van der Waals surface area contributed by atoms with E-state index in [0.717, 1.165) is 17.1 Å². The van der Waals surface area contributed by atoms with Crippen LogP contribution in [-0.4, -0.2) is 29.5 Å². The fourth-order valence-corrected chi connectivity index (χ4v) is 2.64. The molecular weight excluding hydrogens is 288 g/mol. The first-order chi connectivity index (χ1) is 10.2. The number of carbonyl (C=O) groups excluding carboxylic acids is 1. The number of alkyl halides is 1. The first kappa shape index (κ1) is 13.8. The van der Waals surface area contributed by atoms with E-state index in [2.05, 4.69) is 9.97 Å². The minimum Gasteiger partial charge on any atom is -0.309 e. The quantitative estimate of drug-likeness (QED) is 0.800. The normalized spacial score (nSPS) is 13.8. The maximum atomic E-state index is 12.7. The second-order valence-corrected chi connectivity index (χ2v) is 5.07. The molecule has 0 unspecified atom stereocenters. The Morgan fingerprint density at radius 1 is 1.29 bits per heavy atom. The van der Waals surface area contributed by atoms with Crippen molar-refractivity contribution < 1.29 is 4.79 Å². The number of halogens is 1. The van der Waals surface area contributed by atoms with Gasteiger partial charge in [-0.1, -0.05) is 0 Å². The van der Waals surface area contributed by atoms with Crippen LogP contribution in [0, 0.1) is 0 Å². The van der Waals surface area contributed by atoms with Gasteiger partial charge in [-0.25, -0.2) is 9.97 Å². The zero-order chi connectivity index (χ0) is 15.0. The maximum absolute atomic E-state index is 12.7. The van der Waals surface area contributed by atoms with Gasteiger partial charge in [0.05, 0.1) is 11.3 Å². The predicted octanol–water partition coefficient (Wildman–Crippen LogP) is 2.96. The van der Waals surface area contributed by atoms with E-state index >= 15 is 0 Å². The monoisotopic (exact) mass is 302 g/mol. The van der Waals surface area contributed by atoms with Crippen LogP contribution < -0.4 is 9.80 Å². The molecule has 0 aromatic carbocycles. The molecule has 0 spiro atoms. The summed E-state index contributed by atoms with van der Waals surface area (Å²) in [7, 11) is 1.75. The molecule has 1 aliphatic heterocycles. The van der Waals surface area contributed by atoms with Crippen LogP contribution in [0.4, 0.5) is 17.3 Å². The summed E-state index contributed by atoms with van der Waals surface area (Å²) in [6.07, 6.45) is 3.42. The molecule has 0 radical (unpaired) electrons. The lowest BCUT2D eigenvalue weighted by Gasteiger charge is -2.22. The van der Waals surface area contributed by atoms with E-state index in [4.69, 9.17) is 11.6 Å². The number of aromatic nitrogens is 2. The highest BCUT2D eigenvalue weighted by Gasteiger charge is 2.30. The summed E-state index contributed by atoms with van der Waals surface area (Å²) < 4.78 is 0. The number of pyridine rings is 2. The number of hydrogen-bond donors (Lipinski definition) is 0. The molecule has 0 atom stereocenters. The molecule has 1 aliphatic rings. The number of amides is 1. The van der Waals surface area contributed by atoms with E-state index in [1.165, 1.54) is 0 Å². The Kier molecular flexibility index (Phi) is 3.51. The molecule has 2 aromatic rings. The molecule has 0 saturated carbocycles. The molecule has 3 heterocycles. The third kappa shape index (κ3) is 2.14. The van der Waals surface area contributed by atoms with Crippen molar-refractivity contribution in [1.29, 1.82) is 0 Å². The van der Waals surface area contributed by atoms with Crippen molar-refractivity contribution in [1.82, 2.24) is 9.97 Å². The second-order valence-electron chi connectivity index (χ2n) is 4.80. The Morgan fingerprint density at radius 2 is 2.10 bits per heavy atom. The molecular formula is C15H15ClN4O. The van der Waals surface area contributed by atoms with Crippen LogP contribution in [-0.2, 0) is 5.88 Å². The van der Waals surface area contributed by atoms with Gasteiger partial charge in [0.2, 0.25) is 0 Å². The molecule has 5 nitrogen and oxygen atoms in total. The largest absolute Gasteiger partial charge is 0.309 e. The minimum atomic E-state index is -0.102. The van der Waals surface area contributed by atoms with Gasteiger partial charge >= 0.3 is 0 Å². The molecule has 3 rings (SSSR count). The predicted molar refractivity (Wildman–Crippen MR) is 83.4 cm³/mol. The van der Waals surface area contributed by atoms with Crippen LogP contribution in [0.15, 0.2) is 30.6 Å². The highest BCUT2D eigenvalue weighted by Crippen LogP contribution is 2.37. The van der Waals surface area contributed by atoms with E-state index in [1.807, 2.05) is 30.0 Å². The van der Waals surface area contributed by atoms with Crippen molar-refractivity contribution in [3.8, 4) is 0 Å². The average molecular weight is 303 g/mol. The molecule has 0 aliphatic carbocycles. The zero-order valence-electron chi connectivity index (χ0n) is 11.9. The molecule has 0 saturated heterocycles. The van der Waals surface area contributed by atoms with E-state index in [-0.39, 0.29) is 5.91 Å². The van der Waals surface area contributed by atoms with E-state index in [1.54, 1.807) is 24.3 Å². The van der Waals surface area contributed by atoms with Crippen molar-refractivity contribution in [3.63, 3.8) is 0 Å². The van der Waals surface area contributed by atoms with Gasteiger partial charge in [0, 0.05) is 31.9 Å². The van der Waals surface area contributed by atoms with Gasteiger partial charge in [0.1, 0.15) is 5.82 Å². The lowest BCUT2D eigenvalue weighted by atomic mass is 10.1. The number of hydrogen-bond acceptors (Lipinski definition) is 4. The van der Waals surface area contributed by atoms with Crippen molar-refractivity contribution in [2.75, 3.05) is 23.4 Å². The number of rotatable bonds is 2. The SMILES string of the molecule is CCN1c2ncc(CCl)cc2C(=O)N(C)c2cccnc21. The third-order valence-corrected chi connectivity index (χ3v) is 3.88. The minimum absolute atomic E-state index is 0.102. The van der Waals surface area contributed by atoms with Crippen LogP contribution in [0.3, 0.4) is 0 Å². The second kappa shape index (κ2) is 5.33. The van der Waals surface area contributed by atoms with E-state index in [0.29, 0.717) is 23.8 Å². The van der Waals surface area contributed by atoms with E-state index < -0.39 is 0 Å². The average Bonchev–Trinajstić information content (AvgIpc) is 2.62. The van der Waals surface area contributed by atoms with Crippen LogP contribution in [0.2, 0.25) is 0 Å². The van der Waals surface area contributed by atoms with Crippen LogP contribution in [0.1, 0.15) is 22.8 Å². The molecule has 1 amide bonds. The molecule has 21 heavy (non-hydrogen) atoms. The molecule has 6 heteroatoms. The maximum Gasteiger partial charge on any atom is 0.261 e. The Hall–Kier alpha value is -2.14. The van der Waals surface area contributed by atoms with Crippen molar-refractivity contribution in [2.45, 2.75) is 12.8 Å². The molecule has 0 bridgehead atoms. The zero-order valence-corrected chi connectivity index (χ0v) is 12.6. The molecule has 2 aromatic heterocycles. The van der Waals surface area contributed by atoms with Crippen molar-refractivity contribution in [2.24, 2.45) is 0 Å². The third-order valence-electron chi connectivity index (χ3n) is 3.57. The van der Waals surface area contributed by atoms with Gasteiger partial charge in [-0.15, -0.1) is 11.6 Å². The van der Waals surface area contributed by atoms with Gasteiger partial charge in [-0.3, -0.25) is 4.79 Å². The van der Waals surface area contributed by atoms with Crippen LogP contribution in [0.25, 0.3) is 0 Å². The highest BCUT2D eigenvalue weighted by atomic mass is 35.5. The lowest BCUT2D eigenvalue weighted by molar-refractivity contribution is 0.0994. The first-order valence-electron chi connectivity index (χ1n) is 6.72. The Bertz CT molecular complexity index is 704. The van der Waals surface area contributed by atoms with E-state index in [9.17, 15) is 4.79 Å². The van der Waals surface area contributed by atoms with Crippen molar-refractivity contribution in [3.05, 3.63) is 41.7 Å². The van der Waals surface area contributed by atoms with Gasteiger partial charge in [0.15, 0.2) is 5.82 Å². The van der Waals surface area contributed by atoms with Crippen molar-refractivity contribution >= 4 is 34.8 Å². The Balaban J connectivity index is 2.28. The van der Waals surface area contributed by atoms with Crippen LogP contribution in [0.5, 0.6) is 0 Å². The Morgan fingerprint density at radius 3 is 2.81 bits per heavy atom. The van der Waals surface area contributed by atoms with Gasteiger partial charge < -0.3 is 9.80 Å². The summed E-state index contributed by atoms with van der Waals surface area (Å²) in [5.74, 6) is 1.59. The summed E-state index contributed by atoms with van der Waals surface area (Å²) >= 11 is 5.86. The highest BCUT2D eigenvalue weighted by molar-refractivity contribution is 6.17. The Labute approximate surface area is 128 Å². The summed E-state index contributed by atoms with van der Waals surface area (Å²) in [6, 6.07) is 5.52. The summed E-state index contributed by atoms with van der Waals surface area (Å²) in [5.41, 5.74) is 2.15. The van der Waals surface area contributed by atoms with Gasteiger partial charge in [-0.2, -0.15) is 0 Å². The number of carbonyl (C=O) groups is 1. The number of fused-ring (bicyclic) bond motifs is 2. The topological polar surface area (TPSA) is 49.3 Å². The summed E-state index contributed by atoms with van der Waals surface area (Å²) in [6.45, 7) is 2.68. The van der Waals surface area contributed by atoms with Crippen LogP contribution >= 0.6 is 11.6 Å².